The van der Waals surface area contributed by atoms with Gasteiger partial charge in [-0.3, -0.25) is 0 Å². The van der Waals surface area contributed by atoms with Crippen molar-refractivity contribution in [3.63, 3.8) is 0 Å². The third-order valence-electron chi connectivity index (χ3n) is 6.58. The standard InChI is InChI=1S/C21H27F2N/c1-2-14-3-5-15(6-4-14)16-7-9-17(10-8-16)19-12-11-18(13-24)20(22)21(19)23/h11-12,14-17H,2-10H2,1H3/t14-,15-,16-,17-. The van der Waals surface area contributed by atoms with E-state index in [1.807, 2.05) is 0 Å². The summed E-state index contributed by atoms with van der Waals surface area (Å²) < 4.78 is 28.1. The summed E-state index contributed by atoms with van der Waals surface area (Å²) >= 11 is 0. The average molecular weight is 331 g/mol. The van der Waals surface area contributed by atoms with Crippen LogP contribution in [0.15, 0.2) is 12.1 Å². The maximum atomic E-state index is 14.2. The van der Waals surface area contributed by atoms with Gasteiger partial charge in [0.25, 0.3) is 0 Å². The first kappa shape index (κ1) is 17.4. The fourth-order valence-electron chi connectivity index (χ4n) is 4.94. The second-order valence-corrected chi connectivity index (χ2v) is 7.74. The molecule has 0 aromatic heterocycles. The van der Waals surface area contributed by atoms with E-state index in [9.17, 15) is 8.78 Å². The van der Waals surface area contributed by atoms with Gasteiger partial charge in [0, 0.05) is 0 Å². The van der Waals surface area contributed by atoms with Crippen LogP contribution < -0.4 is 0 Å². The molecular formula is C21H27F2N. The van der Waals surface area contributed by atoms with Crippen LogP contribution in [0.5, 0.6) is 0 Å². The van der Waals surface area contributed by atoms with E-state index >= 15 is 0 Å². The molecule has 0 radical (unpaired) electrons. The molecule has 0 N–H and O–H groups in total. The Kier molecular flexibility index (Phi) is 5.54. The normalized spacial score (nSPS) is 30.8. The first-order valence-corrected chi connectivity index (χ1v) is 9.52. The molecule has 2 aliphatic carbocycles. The summed E-state index contributed by atoms with van der Waals surface area (Å²) in [6.07, 6.45) is 10.9. The molecule has 0 aliphatic heterocycles. The average Bonchev–Trinajstić information content (AvgIpc) is 2.64. The van der Waals surface area contributed by atoms with Crippen molar-refractivity contribution in [2.45, 2.75) is 70.6 Å². The summed E-state index contributed by atoms with van der Waals surface area (Å²) in [6.45, 7) is 2.29. The van der Waals surface area contributed by atoms with E-state index in [-0.39, 0.29) is 11.5 Å². The van der Waals surface area contributed by atoms with Crippen LogP contribution in [-0.2, 0) is 0 Å². The summed E-state index contributed by atoms with van der Waals surface area (Å²) in [5.74, 6) is 0.862. The topological polar surface area (TPSA) is 23.8 Å². The van der Waals surface area contributed by atoms with Gasteiger partial charge in [-0.2, -0.15) is 5.26 Å². The highest BCUT2D eigenvalue weighted by molar-refractivity contribution is 5.36. The van der Waals surface area contributed by atoms with Gasteiger partial charge in [-0.15, -0.1) is 0 Å². The van der Waals surface area contributed by atoms with Gasteiger partial charge in [-0.05, 0) is 73.8 Å². The van der Waals surface area contributed by atoms with Gasteiger partial charge in [-0.1, -0.05) is 32.3 Å². The minimum Gasteiger partial charge on any atom is -0.203 e. The highest BCUT2D eigenvalue weighted by atomic mass is 19.2. The molecule has 2 fully saturated rings. The van der Waals surface area contributed by atoms with E-state index in [1.54, 1.807) is 12.1 Å². The second-order valence-electron chi connectivity index (χ2n) is 7.74. The van der Waals surface area contributed by atoms with Crippen LogP contribution in [0.2, 0.25) is 0 Å². The molecule has 1 aromatic rings. The Balaban J connectivity index is 1.60. The molecule has 24 heavy (non-hydrogen) atoms. The van der Waals surface area contributed by atoms with Crippen molar-refractivity contribution < 1.29 is 8.78 Å². The highest BCUT2D eigenvalue weighted by Gasteiger charge is 2.32. The lowest BCUT2D eigenvalue weighted by Crippen LogP contribution is -2.25. The molecule has 0 atom stereocenters. The van der Waals surface area contributed by atoms with E-state index < -0.39 is 11.6 Å². The Hall–Kier alpha value is -1.43. The third kappa shape index (κ3) is 3.48. The Morgan fingerprint density at radius 2 is 1.50 bits per heavy atom. The monoisotopic (exact) mass is 331 g/mol. The zero-order chi connectivity index (χ0) is 17.1. The smallest absolute Gasteiger partial charge is 0.176 e. The van der Waals surface area contributed by atoms with Crippen molar-refractivity contribution in [1.82, 2.24) is 0 Å². The molecule has 0 spiro atoms. The van der Waals surface area contributed by atoms with Gasteiger partial charge in [-0.25, -0.2) is 8.78 Å². The van der Waals surface area contributed by atoms with Gasteiger partial charge in [0.2, 0.25) is 0 Å². The SMILES string of the molecule is CC[C@H]1CC[C@H]([C@H]2CC[C@H](c3ccc(C#N)c(F)c3F)CC2)CC1. The van der Waals surface area contributed by atoms with Crippen LogP contribution in [0.1, 0.15) is 81.8 Å². The number of hydrogen-bond donors (Lipinski definition) is 0. The lowest BCUT2D eigenvalue weighted by atomic mass is 9.68. The van der Waals surface area contributed by atoms with Crippen LogP contribution in [0.25, 0.3) is 0 Å². The quantitative estimate of drug-likeness (QED) is 0.635. The Bertz CT molecular complexity index is 603. The van der Waals surface area contributed by atoms with Crippen molar-refractivity contribution >= 4 is 0 Å². The molecular weight excluding hydrogens is 304 g/mol. The Labute approximate surface area is 144 Å². The van der Waals surface area contributed by atoms with Crippen molar-refractivity contribution in [1.29, 1.82) is 5.26 Å². The second kappa shape index (κ2) is 7.64. The highest BCUT2D eigenvalue weighted by Crippen LogP contribution is 2.44. The molecule has 3 rings (SSSR count). The molecule has 0 amide bonds. The van der Waals surface area contributed by atoms with Gasteiger partial charge >= 0.3 is 0 Å². The predicted octanol–water partition coefficient (Wildman–Crippen LogP) is 6.33. The van der Waals surface area contributed by atoms with Crippen molar-refractivity contribution in [3.8, 4) is 6.07 Å². The molecule has 2 aliphatic rings. The largest absolute Gasteiger partial charge is 0.203 e. The molecule has 0 heterocycles. The first-order valence-electron chi connectivity index (χ1n) is 9.52. The molecule has 2 saturated carbocycles. The summed E-state index contributed by atoms with van der Waals surface area (Å²) in [5, 5.41) is 8.80. The summed E-state index contributed by atoms with van der Waals surface area (Å²) in [7, 11) is 0. The van der Waals surface area contributed by atoms with Crippen molar-refractivity contribution in [3.05, 3.63) is 34.9 Å². The molecule has 1 aromatic carbocycles. The Morgan fingerprint density at radius 1 is 0.917 bits per heavy atom. The number of hydrogen-bond acceptors (Lipinski definition) is 1. The maximum Gasteiger partial charge on any atom is 0.176 e. The van der Waals surface area contributed by atoms with Gasteiger partial charge in [0.05, 0.1) is 5.56 Å². The molecule has 0 bridgehead atoms. The predicted molar refractivity (Wildman–Crippen MR) is 91.5 cm³/mol. The van der Waals surface area contributed by atoms with E-state index in [4.69, 9.17) is 5.26 Å². The number of nitriles is 1. The van der Waals surface area contributed by atoms with Crippen LogP contribution in [-0.4, -0.2) is 0 Å². The van der Waals surface area contributed by atoms with Crippen molar-refractivity contribution in [2.75, 3.05) is 0 Å². The fraction of sp³-hybridized carbons (Fsp3) is 0.667. The third-order valence-corrected chi connectivity index (χ3v) is 6.58. The lowest BCUT2D eigenvalue weighted by Gasteiger charge is -2.38. The number of benzene rings is 1. The zero-order valence-electron chi connectivity index (χ0n) is 14.5. The fourth-order valence-corrected chi connectivity index (χ4v) is 4.94. The summed E-state index contributed by atoms with van der Waals surface area (Å²) in [5.41, 5.74) is 0.275. The van der Waals surface area contributed by atoms with Gasteiger partial charge < -0.3 is 0 Å². The number of halogens is 2. The van der Waals surface area contributed by atoms with Crippen LogP contribution in [0.3, 0.4) is 0 Å². The molecule has 1 nitrogen and oxygen atoms in total. The maximum absolute atomic E-state index is 14.2. The van der Waals surface area contributed by atoms with Crippen LogP contribution in [0.4, 0.5) is 8.78 Å². The minimum absolute atomic E-state index is 0.107. The lowest BCUT2D eigenvalue weighted by molar-refractivity contribution is 0.158. The molecule has 0 unspecified atom stereocenters. The van der Waals surface area contributed by atoms with Crippen LogP contribution >= 0.6 is 0 Å². The Morgan fingerprint density at radius 3 is 2.04 bits per heavy atom. The molecule has 0 saturated heterocycles. The van der Waals surface area contributed by atoms with E-state index in [1.165, 1.54) is 38.2 Å². The van der Waals surface area contributed by atoms with E-state index in [2.05, 4.69) is 6.92 Å². The summed E-state index contributed by atoms with van der Waals surface area (Å²) in [6, 6.07) is 4.75. The van der Waals surface area contributed by atoms with E-state index in [0.717, 1.165) is 43.4 Å². The number of rotatable bonds is 3. The summed E-state index contributed by atoms with van der Waals surface area (Å²) in [4.78, 5) is 0. The molecule has 3 heteroatoms. The zero-order valence-corrected chi connectivity index (χ0v) is 14.5. The van der Waals surface area contributed by atoms with E-state index in [0.29, 0.717) is 5.56 Å². The van der Waals surface area contributed by atoms with Gasteiger partial charge in [0.1, 0.15) is 6.07 Å². The first-order chi connectivity index (χ1) is 11.6. The van der Waals surface area contributed by atoms with Crippen molar-refractivity contribution in [2.24, 2.45) is 17.8 Å². The van der Waals surface area contributed by atoms with Gasteiger partial charge in [0.15, 0.2) is 11.6 Å². The molecule has 130 valence electrons. The van der Waals surface area contributed by atoms with Crippen LogP contribution in [0, 0.1) is 40.7 Å². The minimum atomic E-state index is -0.977. The number of nitrogens with zero attached hydrogens (tertiary/aromatic N) is 1.